The lowest BCUT2D eigenvalue weighted by Crippen LogP contribution is -2.21. The van der Waals surface area contributed by atoms with Gasteiger partial charge in [0.05, 0.1) is 17.2 Å². The summed E-state index contributed by atoms with van der Waals surface area (Å²) in [7, 11) is 0. The van der Waals surface area contributed by atoms with Crippen LogP contribution < -0.4 is 0 Å². The number of hydrogen-bond donors (Lipinski definition) is 0. The van der Waals surface area contributed by atoms with Gasteiger partial charge in [0.1, 0.15) is 6.10 Å². The molecule has 0 saturated heterocycles. The minimum absolute atomic E-state index is 0.154. The maximum atomic E-state index is 12.9. The van der Waals surface area contributed by atoms with Crippen LogP contribution in [0.5, 0.6) is 0 Å². The number of rotatable bonds is 14. The van der Waals surface area contributed by atoms with Crippen LogP contribution in [0.25, 0.3) is 22.3 Å². The van der Waals surface area contributed by atoms with Gasteiger partial charge in [-0.3, -0.25) is 0 Å². The fraction of sp³-hybridized carbons (Fsp3) is 0.432. The third kappa shape index (κ3) is 9.81. The molecular weight excluding hydrogens is 540 g/mol. The summed E-state index contributed by atoms with van der Waals surface area (Å²) >= 11 is 0. The second-order valence-corrected chi connectivity index (χ2v) is 11.3. The quantitative estimate of drug-likeness (QED) is 0.138. The van der Waals surface area contributed by atoms with E-state index in [9.17, 15) is 14.4 Å². The molecule has 43 heavy (non-hydrogen) atoms. The van der Waals surface area contributed by atoms with Crippen molar-refractivity contribution in [3.05, 3.63) is 83.9 Å². The molecule has 0 spiro atoms. The molecule has 0 bridgehead atoms. The Labute approximate surface area is 256 Å². The van der Waals surface area contributed by atoms with Gasteiger partial charge in [-0.15, -0.1) is 0 Å². The van der Waals surface area contributed by atoms with Crippen LogP contribution in [0.3, 0.4) is 0 Å². The van der Waals surface area contributed by atoms with Gasteiger partial charge in [0.15, 0.2) is 0 Å². The van der Waals surface area contributed by atoms with Crippen molar-refractivity contribution >= 4 is 18.1 Å². The van der Waals surface area contributed by atoms with Gasteiger partial charge in [-0.05, 0) is 85.0 Å². The smallest absolute Gasteiger partial charge is 0.459 e. The number of hydrogen-bond acceptors (Lipinski definition) is 6. The highest BCUT2D eigenvalue weighted by Gasteiger charge is 2.21. The predicted octanol–water partition coefficient (Wildman–Crippen LogP) is 9.90. The summed E-state index contributed by atoms with van der Waals surface area (Å²) in [6.07, 6.45) is 4.20. The zero-order valence-electron chi connectivity index (χ0n) is 26.4. The first-order valence-corrected chi connectivity index (χ1v) is 15.6. The molecule has 0 heterocycles. The van der Waals surface area contributed by atoms with Crippen LogP contribution in [0.2, 0.25) is 0 Å². The molecule has 0 N–H and O–H groups in total. The van der Waals surface area contributed by atoms with E-state index in [4.69, 9.17) is 14.2 Å². The molecule has 0 saturated carbocycles. The molecule has 6 nitrogen and oxygen atoms in total. The Morgan fingerprint density at radius 2 is 1.09 bits per heavy atom. The van der Waals surface area contributed by atoms with Crippen LogP contribution in [-0.4, -0.2) is 30.3 Å². The van der Waals surface area contributed by atoms with Gasteiger partial charge in [-0.2, -0.15) is 0 Å². The van der Waals surface area contributed by atoms with Crippen molar-refractivity contribution in [3.8, 4) is 22.3 Å². The number of ether oxygens (including phenoxy) is 3. The molecule has 3 rings (SSSR count). The first-order chi connectivity index (χ1) is 20.7. The van der Waals surface area contributed by atoms with E-state index >= 15 is 0 Å². The van der Waals surface area contributed by atoms with Crippen LogP contribution in [0.15, 0.2) is 72.8 Å². The molecule has 0 radical (unpaired) electrons. The average Bonchev–Trinajstić information content (AvgIpc) is 3.02. The van der Waals surface area contributed by atoms with Gasteiger partial charge in [-0.25, -0.2) is 14.4 Å². The summed E-state index contributed by atoms with van der Waals surface area (Å²) in [4.78, 5) is 38.1. The highest BCUT2D eigenvalue weighted by molar-refractivity contribution is 5.98. The van der Waals surface area contributed by atoms with Crippen LogP contribution in [0.1, 0.15) is 101 Å². The Kier molecular flexibility index (Phi) is 13.0. The lowest BCUT2D eigenvalue weighted by molar-refractivity contribution is 0.0199. The number of carbonyl (C=O) groups is 3. The second kappa shape index (κ2) is 16.6. The predicted molar refractivity (Wildman–Crippen MR) is 171 cm³/mol. The molecule has 0 aromatic heterocycles. The summed E-state index contributed by atoms with van der Waals surface area (Å²) in [5.41, 5.74) is 4.14. The van der Waals surface area contributed by atoms with E-state index < -0.39 is 12.1 Å². The van der Waals surface area contributed by atoms with Crippen LogP contribution in [-0.2, 0) is 14.2 Å². The second-order valence-electron chi connectivity index (χ2n) is 11.3. The van der Waals surface area contributed by atoms with Gasteiger partial charge in [0.2, 0.25) is 0 Å². The third-order valence-electron chi connectivity index (χ3n) is 8.19. The van der Waals surface area contributed by atoms with E-state index in [1.54, 1.807) is 24.3 Å². The molecule has 0 amide bonds. The number of benzene rings is 3. The minimum atomic E-state index is -0.995. The van der Waals surface area contributed by atoms with E-state index in [-0.39, 0.29) is 23.7 Å². The standard InChI is InChI=1S/C37H46O6/c1-7-27(8-2)22-25(5)41-35(38)31-18-16-30(17-19-31)33-21-20-32(24-34(33)29-14-12-11-13-15-29)36(39)43-37(40)42-26(6)23-28(9-3)10-4/h11-21,24-28H,7-10,22-23H2,1-6H3/t25-,26-/m1/s1. The van der Waals surface area contributed by atoms with Crippen LogP contribution in [0, 0.1) is 11.8 Å². The zero-order valence-corrected chi connectivity index (χ0v) is 26.4. The van der Waals surface area contributed by atoms with Crippen molar-refractivity contribution in [1.29, 1.82) is 0 Å². The molecule has 0 unspecified atom stereocenters. The van der Waals surface area contributed by atoms with E-state index in [1.807, 2.05) is 62.4 Å². The van der Waals surface area contributed by atoms with E-state index in [0.717, 1.165) is 60.8 Å². The van der Waals surface area contributed by atoms with Gasteiger partial charge >= 0.3 is 18.1 Å². The maximum Gasteiger partial charge on any atom is 0.516 e. The summed E-state index contributed by atoms with van der Waals surface area (Å²) in [6, 6.07) is 22.1. The molecule has 0 aliphatic heterocycles. The summed E-state index contributed by atoms with van der Waals surface area (Å²) in [5.74, 6) is -0.131. The third-order valence-corrected chi connectivity index (χ3v) is 8.19. The van der Waals surface area contributed by atoms with Crippen molar-refractivity contribution in [1.82, 2.24) is 0 Å². The highest BCUT2D eigenvalue weighted by atomic mass is 16.7. The first kappa shape index (κ1) is 33.6. The Balaban J connectivity index is 1.78. The van der Waals surface area contributed by atoms with E-state index in [2.05, 4.69) is 27.7 Å². The number of carbonyl (C=O) groups excluding carboxylic acids is 3. The van der Waals surface area contributed by atoms with Gasteiger partial charge in [0.25, 0.3) is 0 Å². The fourth-order valence-electron chi connectivity index (χ4n) is 5.42. The van der Waals surface area contributed by atoms with Gasteiger partial charge < -0.3 is 14.2 Å². The van der Waals surface area contributed by atoms with Crippen molar-refractivity contribution in [2.24, 2.45) is 11.8 Å². The molecule has 0 aliphatic rings. The highest BCUT2D eigenvalue weighted by Crippen LogP contribution is 2.33. The van der Waals surface area contributed by atoms with Crippen molar-refractivity contribution in [2.45, 2.75) is 92.3 Å². The molecule has 3 aromatic carbocycles. The monoisotopic (exact) mass is 586 g/mol. The van der Waals surface area contributed by atoms with Crippen molar-refractivity contribution in [3.63, 3.8) is 0 Å². The van der Waals surface area contributed by atoms with E-state index in [1.165, 1.54) is 0 Å². The molecular formula is C37H46O6. The normalized spacial score (nSPS) is 12.6. The minimum Gasteiger partial charge on any atom is -0.459 e. The van der Waals surface area contributed by atoms with Gasteiger partial charge in [0, 0.05) is 0 Å². The lowest BCUT2D eigenvalue weighted by atomic mass is 9.92. The molecule has 230 valence electrons. The van der Waals surface area contributed by atoms with Crippen LogP contribution >= 0.6 is 0 Å². The maximum absolute atomic E-state index is 12.9. The van der Waals surface area contributed by atoms with Crippen molar-refractivity contribution in [2.75, 3.05) is 0 Å². The number of esters is 2. The fourth-order valence-corrected chi connectivity index (χ4v) is 5.42. The van der Waals surface area contributed by atoms with Crippen molar-refractivity contribution < 1.29 is 28.6 Å². The SMILES string of the molecule is CCC(CC)C[C@@H](C)OC(=O)OC(=O)c1ccc(-c2ccc(C(=O)O[C@H](C)CC(CC)CC)cc2)c(-c2ccccc2)c1. The molecule has 6 heteroatoms. The Hall–Kier alpha value is -3.93. The summed E-state index contributed by atoms with van der Waals surface area (Å²) < 4.78 is 16.1. The zero-order chi connectivity index (χ0) is 31.4. The molecule has 3 aromatic rings. The van der Waals surface area contributed by atoms with Crippen LogP contribution in [0.4, 0.5) is 4.79 Å². The summed E-state index contributed by atoms with van der Waals surface area (Å²) in [6.45, 7) is 12.3. The van der Waals surface area contributed by atoms with Gasteiger partial charge in [-0.1, -0.05) is 102 Å². The lowest BCUT2D eigenvalue weighted by Gasteiger charge is -2.19. The first-order valence-electron chi connectivity index (χ1n) is 15.6. The Morgan fingerprint density at radius 1 is 0.581 bits per heavy atom. The molecule has 0 aliphatic carbocycles. The largest absolute Gasteiger partial charge is 0.516 e. The average molecular weight is 587 g/mol. The molecule has 0 fully saturated rings. The Bertz CT molecular complexity index is 1320. The summed E-state index contributed by atoms with van der Waals surface area (Å²) in [5, 5.41) is 0. The molecule has 2 atom stereocenters. The topological polar surface area (TPSA) is 78.9 Å². The Morgan fingerprint density at radius 3 is 1.65 bits per heavy atom. The van der Waals surface area contributed by atoms with E-state index in [0.29, 0.717) is 17.4 Å².